The first-order chi connectivity index (χ1) is 8.85. The normalized spacial score (nSPS) is 13.4. The lowest BCUT2D eigenvalue weighted by Crippen LogP contribution is -2.41. The summed E-state index contributed by atoms with van der Waals surface area (Å²) in [7, 11) is -1.67. The highest BCUT2D eigenvalue weighted by Crippen LogP contribution is 2.36. The summed E-state index contributed by atoms with van der Waals surface area (Å²) < 4.78 is 16.5. The molecule has 0 saturated heterocycles. The number of carbonyl (C=O) groups excluding carboxylic acids is 1. The summed E-state index contributed by atoms with van der Waals surface area (Å²) >= 11 is 0. The Labute approximate surface area is 125 Å². The summed E-state index contributed by atoms with van der Waals surface area (Å²) in [6.45, 7) is 17.9. The van der Waals surface area contributed by atoms with Crippen LogP contribution in [0.3, 0.4) is 0 Å². The molecule has 120 valence electrons. The van der Waals surface area contributed by atoms with Gasteiger partial charge in [-0.2, -0.15) is 0 Å². The molecule has 0 aliphatic carbocycles. The molecule has 5 heteroatoms. The van der Waals surface area contributed by atoms with Crippen LogP contribution in [0.1, 0.15) is 48.0 Å². The van der Waals surface area contributed by atoms with E-state index in [9.17, 15) is 4.79 Å². The van der Waals surface area contributed by atoms with Gasteiger partial charge in [0.2, 0.25) is 0 Å². The van der Waals surface area contributed by atoms with Gasteiger partial charge in [0, 0.05) is 13.2 Å². The van der Waals surface area contributed by atoms with Gasteiger partial charge in [0.15, 0.2) is 8.32 Å². The second kappa shape index (κ2) is 7.57. The third-order valence-electron chi connectivity index (χ3n) is 3.34. The number of esters is 1. The number of carbonyl (C=O) groups is 1. The Morgan fingerprint density at radius 2 is 1.55 bits per heavy atom. The van der Waals surface area contributed by atoms with Crippen molar-refractivity contribution in [1.29, 1.82) is 0 Å². The number of hydrogen-bond donors (Lipinski definition) is 0. The van der Waals surface area contributed by atoms with Crippen molar-refractivity contribution in [2.75, 3.05) is 19.8 Å². The van der Waals surface area contributed by atoms with Crippen molar-refractivity contribution in [1.82, 2.24) is 0 Å². The van der Waals surface area contributed by atoms with Crippen molar-refractivity contribution < 1.29 is 18.7 Å². The van der Waals surface area contributed by atoms with Gasteiger partial charge in [-0.05, 0) is 45.3 Å². The SMILES string of the molecule is CC(C)(C)OC(=O)COCCCO[Si](C)(C)C(C)(C)C. The van der Waals surface area contributed by atoms with Gasteiger partial charge in [-0.3, -0.25) is 0 Å². The van der Waals surface area contributed by atoms with E-state index >= 15 is 0 Å². The minimum absolute atomic E-state index is 0.0113. The van der Waals surface area contributed by atoms with Gasteiger partial charge < -0.3 is 13.9 Å². The summed E-state index contributed by atoms with van der Waals surface area (Å²) in [6.07, 6.45) is 0.801. The average Bonchev–Trinajstić information content (AvgIpc) is 2.18. The first kappa shape index (κ1) is 19.6. The molecule has 0 spiro atoms. The topological polar surface area (TPSA) is 44.8 Å². The zero-order valence-electron chi connectivity index (χ0n) is 14.5. The first-order valence-corrected chi connectivity index (χ1v) is 10.2. The Morgan fingerprint density at radius 1 is 1.00 bits per heavy atom. The fourth-order valence-electron chi connectivity index (χ4n) is 1.23. The quantitative estimate of drug-likeness (QED) is 0.408. The molecule has 0 aromatic heterocycles. The summed E-state index contributed by atoms with van der Waals surface area (Å²) in [5, 5.41) is 0.227. The molecule has 0 aliphatic heterocycles. The van der Waals surface area contributed by atoms with Gasteiger partial charge in [-0.15, -0.1) is 0 Å². The molecule has 0 atom stereocenters. The molecule has 0 rings (SSSR count). The molecule has 20 heavy (non-hydrogen) atoms. The molecular weight excluding hydrogens is 272 g/mol. The van der Waals surface area contributed by atoms with Crippen LogP contribution in [0.25, 0.3) is 0 Å². The van der Waals surface area contributed by atoms with Gasteiger partial charge in [0.1, 0.15) is 12.2 Å². The maximum Gasteiger partial charge on any atom is 0.332 e. The Bertz CT molecular complexity index is 300. The van der Waals surface area contributed by atoms with Crippen LogP contribution >= 0.6 is 0 Å². The molecule has 0 aliphatic rings. The van der Waals surface area contributed by atoms with E-state index < -0.39 is 13.9 Å². The standard InChI is InChI=1S/C15H32O4Si/c1-14(2,3)19-13(16)12-17-10-9-11-18-20(7,8)15(4,5)6/h9-12H2,1-8H3. The highest BCUT2D eigenvalue weighted by atomic mass is 28.4. The predicted octanol–water partition coefficient (Wildman–Crippen LogP) is 3.76. The first-order valence-electron chi connectivity index (χ1n) is 7.29. The largest absolute Gasteiger partial charge is 0.458 e. The van der Waals surface area contributed by atoms with E-state index in [0.717, 1.165) is 6.42 Å². The van der Waals surface area contributed by atoms with Crippen LogP contribution in [0.5, 0.6) is 0 Å². The highest BCUT2D eigenvalue weighted by Gasteiger charge is 2.36. The molecular formula is C15H32O4Si. The van der Waals surface area contributed by atoms with Crippen molar-refractivity contribution >= 4 is 14.3 Å². The van der Waals surface area contributed by atoms with Gasteiger partial charge in [-0.1, -0.05) is 20.8 Å². The molecule has 0 N–H and O–H groups in total. The van der Waals surface area contributed by atoms with E-state index in [0.29, 0.717) is 13.2 Å². The molecule has 0 bridgehead atoms. The smallest absolute Gasteiger partial charge is 0.332 e. The number of ether oxygens (including phenoxy) is 2. The van der Waals surface area contributed by atoms with Gasteiger partial charge >= 0.3 is 5.97 Å². The Morgan fingerprint density at radius 3 is 2.00 bits per heavy atom. The van der Waals surface area contributed by atoms with Crippen LogP contribution in [0.2, 0.25) is 18.1 Å². The maximum atomic E-state index is 11.4. The second-order valence-corrected chi connectivity index (χ2v) is 12.4. The number of rotatable bonds is 7. The van der Waals surface area contributed by atoms with Crippen molar-refractivity contribution in [2.45, 2.75) is 71.7 Å². The van der Waals surface area contributed by atoms with Crippen molar-refractivity contribution in [3.63, 3.8) is 0 Å². The predicted molar refractivity (Wildman–Crippen MR) is 84.4 cm³/mol. The van der Waals surface area contributed by atoms with E-state index in [1.54, 1.807) is 0 Å². The molecule has 0 aromatic carbocycles. The minimum atomic E-state index is -1.67. The molecule has 0 unspecified atom stereocenters. The fourth-order valence-corrected chi connectivity index (χ4v) is 2.32. The highest BCUT2D eigenvalue weighted by molar-refractivity contribution is 6.74. The minimum Gasteiger partial charge on any atom is -0.458 e. The average molecular weight is 305 g/mol. The Balaban J connectivity index is 3.72. The van der Waals surface area contributed by atoms with E-state index in [4.69, 9.17) is 13.9 Å². The van der Waals surface area contributed by atoms with Crippen molar-refractivity contribution in [2.24, 2.45) is 0 Å². The summed E-state index contributed by atoms with van der Waals surface area (Å²) in [5.41, 5.74) is -0.452. The third kappa shape index (κ3) is 8.71. The van der Waals surface area contributed by atoms with Crippen LogP contribution in [0.4, 0.5) is 0 Å². The van der Waals surface area contributed by atoms with E-state index in [1.807, 2.05) is 20.8 Å². The van der Waals surface area contributed by atoms with E-state index in [1.165, 1.54) is 0 Å². The monoisotopic (exact) mass is 304 g/mol. The Hall–Kier alpha value is -0.393. The molecule has 0 amide bonds. The lowest BCUT2D eigenvalue weighted by molar-refractivity contribution is -0.160. The second-order valence-electron chi connectivity index (χ2n) is 7.60. The molecule has 0 heterocycles. The Kier molecular flexibility index (Phi) is 7.42. The molecule has 0 saturated carbocycles. The summed E-state index contributed by atoms with van der Waals surface area (Å²) in [6, 6.07) is 0. The molecule has 4 nitrogen and oxygen atoms in total. The lowest BCUT2D eigenvalue weighted by atomic mass is 10.2. The summed E-state index contributed by atoms with van der Waals surface area (Å²) in [4.78, 5) is 11.4. The zero-order chi connectivity index (χ0) is 16.0. The zero-order valence-corrected chi connectivity index (χ0v) is 15.5. The van der Waals surface area contributed by atoms with Crippen LogP contribution < -0.4 is 0 Å². The van der Waals surface area contributed by atoms with E-state index in [-0.39, 0.29) is 17.6 Å². The van der Waals surface area contributed by atoms with Crippen LogP contribution in [0, 0.1) is 0 Å². The van der Waals surface area contributed by atoms with Gasteiger partial charge in [-0.25, -0.2) is 4.79 Å². The van der Waals surface area contributed by atoms with Crippen LogP contribution in [-0.2, 0) is 18.7 Å². The lowest BCUT2D eigenvalue weighted by Gasteiger charge is -2.36. The fraction of sp³-hybridized carbons (Fsp3) is 0.933. The maximum absolute atomic E-state index is 11.4. The van der Waals surface area contributed by atoms with Crippen LogP contribution in [-0.4, -0.2) is 39.7 Å². The van der Waals surface area contributed by atoms with Crippen LogP contribution in [0.15, 0.2) is 0 Å². The van der Waals surface area contributed by atoms with Crippen molar-refractivity contribution in [3.05, 3.63) is 0 Å². The third-order valence-corrected chi connectivity index (χ3v) is 7.88. The van der Waals surface area contributed by atoms with E-state index in [2.05, 4.69) is 33.9 Å². The van der Waals surface area contributed by atoms with Gasteiger partial charge in [0.25, 0.3) is 0 Å². The molecule has 0 aromatic rings. The number of hydrogen-bond acceptors (Lipinski definition) is 4. The summed E-state index contributed by atoms with van der Waals surface area (Å²) in [5.74, 6) is -0.317. The molecule has 0 fully saturated rings. The van der Waals surface area contributed by atoms with Gasteiger partial charge in [0.05, 0.1) is 0 Å². The van der Waals surface area contributed by atoms with Crippen molar-refractivity contribution in [3.8, 4) is 0 Å². The molecule has 0 radical (unpaired) electrons.